The van der Waals surface area contributed by atoms with Crippen LogP contribution in [0.4, 0.5) is 5.69 Å². The maximum absolute atomic E-state index is 12.0. The first-order valence-electron chi connectivity index (χ1n) is 11.3. The number of aromatic hydroxyl groups is 3. The number of fused-ring (bicyclic) bond motifs is 1. The van der Waals surface area contributed by atoms with Gasteiger partial charge in [0.1, 0.15) is 17.2 Å². The molecular formula is C27H25N3O5. The Morgan fingerprint density at radius 3 is 1.77 bits per heavy atom. The molecule has 0 saturated carbocycles. The third-order valence-electron chi connectivity index (χ3n) is 6.59. The van der Waals surface area contributed by atoms with Crippen LogP contribution >= 0.6 is 0 Å². The first-order chi connectivity index (χ1) is 16.9. The Labute approximate surface area is 202 Å². The lowest BCUT2D eigenvalue weighted by atomic mass is 10.00. The van der Waals surface area contributed by atoms with Gasteiger partial charge in [-0.1, -0.05) is 54.6 Å². The monoisotopic (exact) mass is 471 g/mol. The van der Waals surface area contributed by atoms with Crippen molar-refractivity contribution in [3.05, 3.63) is 106 Å². The van der Waals surface area contributed by atoms with Crippen LogP contribution < -0.4 is 0 Å². The number of nitro benzene ring substituents is 1. The lowest BCUT2D eigenvalue weighted by molar-refractivity contribution is -0.383. The van der Waals surface area contributed by atoms with Crippen molar-refractivity contribution >= 4 is 16.5 Å². The number of para-hydroxylation sites is 2. The fraction of sp³-hybridized carbons (Fsp3) is 0.185. The van der Waals surface area contributed by atoms with Crippen molar-refractivity contribution in [3.63, 3.8) is 0 Å². The fourth-order valence-corrected chi connectivity index (χ4v) is 4.89. The van der Waals surface area contributed by atoms with Crippen LogP contribution in [0.2, 0.25) is 0 Å². The number of rotatable bonds is 6. The van der Waals surface area contributed by atoms with E-state index in [0.717, 1.165) is 11.1 Å². The molecule has 178 valence electrons. The molecule has 4 aromatic carbocycles. The minimum atomic E-state index is -0.516. The number of hydrogen-bond acceptors (Lipinski definition) is 7. The fourth-order valence-electron chi connectivity index (χ4n) is 4.89. The molecule has 3 N–H and O–H groups in total. The molecule has 8 nitrogen and oxygen atoms in total. The summed E-state index contributed by atoms with van der Waals surface area (Å²) >= 11 is 0. The van der Waals surface area contributed by atoms with Crippen LogP contribution in [0, 0.1) is 10.1 Å². The number of hydrogen-bond donors (Lipinski definition) is 3. The van der Waals surface area contributed by atoms with Crippen molar-refractivity contribution in [2.75, 3.05) is 13.1 Å². The minimum Gasteiger partial charge on any atom is -0.508 e. The highest BCUT2D eigenvalue weighted by molar-refractivity contribution is 5.96. The van der Waals surface area contributed by atoms with Gasteiger partial charge >= 0.3 is 0 Å². The minimum absolute atomic E-state index is 0.0114. The molecule has 1 heterocycles. The van der Waals surface area contributed by atoms with Crippen LogP contribution in [-0.2, 0) is 13.1 Å². The zero-order chi connectivity index (χ0) is 24.5. The Morgan fingerprint density at radius 2 is 1.26 bits per heavy atom. The summed E-state index contributed by atoms with van der Waals surface area (Å²) < 4.78 is 0. The molecule has 0 aliphatic carbocycles. The predicted molar refractivity (Wildman–Crippen MR) is 132 cm³/mol. The average molecular weight is 472 g/mol. The van der Waals surface area contributed by atoms with E-state index in [9.17, 15) is 25.4 Å². The summed E-state index contributed by atoms with van der Waals surface area (Å²) in [5.41, 5.74) is 1.78. The van der Waals surface area contributed by atoms with E-state index < -0.39 is 11.1 Å². The van der Waals surface area contributed by atoms with Gasteiger partial charge in [0, 0.05) is 54.3 Å². The quantitative estimate of drug-likeness (QED) is 0.271. The van der Waals surface area contributed by atoms with E-state index in [1.807, 2.05) is 24.3 Å². The molecule has 0 unspecified atom stereocenters. The molecule has 1 aliphatic heterocycles. The first-order valence-corrected chi connectivity index (χ1v) is 11.3. The van der Waals surface area contributed by atoms with Gasteiger partial charge in [-0.05, 0) is 18.2 Å². The molecule has 4 aromatic rings. The molecule has 1 saturated heterocycles. The SMILES string of the molecule is O=[N+]([O-])c1cc(C2N(Cc3ccccc3O)CCN2Cc2ccccc2O)c(O)c2ccccc12. The zero-order valence-corrected chi connectivity index (χ0v) is 18.9. The van der Waals surface area contributed by atoms with Gasteiger partial charge < -0.3 is 15.3 Å². The van der Waals surface area contributed by atoms with E-state index in [-0.39, 0.29) is 22.9 Å². The maximum atomic E-state index is 12.0. The highest BCUT2D eigenvalue weighted by Crippen LogP contribution is 2.44. The second kappa shape index (κ2) is 9.25. The van der Waals surface area contributed by atoms with Gasteiger partial charge in [-0.2, -0.15) is 0 Å². The molecule has 0 radical (unpaired) electrons. The van der Waals surface area contributed by atoms with Crippen molar-refractivity contribution in [1.29, 1.82) is 0 Å². The average Bonchev–Trinajstić information content (AvgIpc) is 3.24. The molecule has 0 aromatic heterocycles. The van der Waals surface area contributed by atoms with Gasteiger partial charge in [0.2, 0.25) is 0 Å². The largest absolute Gasteiger partial charge is 0.508 e. The van der Waals surface area contributed by atoms with Crippen LogP contribution in [0.1, 0.15) is 22.9 Å². The number of phenolic OH excluding ortho intramolecular Hbond substituents is 3. The van der Waals surface area contributed by atoms with Gasteiger partial charge in [0.25, 0.3) is 5.69 Å². The summed E-state index contributed by atoms with van der Waals surface area (Å²) in [6.45, 7) is 1.97. The zero-order valence-electron chi connectivity index (χ0n) is 18.9. The Morgan fingerprint density at radius 1 is 0.771 bits per heavy atom. The number of benzene rings is 4. The Balaban J connectivity index is 1.63. The second-order valence-electron chi connectivity index (χ2n) is 8.71. The van der Waals surface area contributed by atoms with E-state index in [0.29, 0.717) is 42.5 Å². The normalized spacial score (nSPS) is 15.1. The summed E-state index contributed by atoms with van der Waals surface area (Å²) in [5.74, 6) is 0.320. The Kier molecular flexibility index (Phi) is 5.98. The standard InChI is InChI=1S/C27H25N3O5/c31-24-11-5-1-7-18(24)16-28-13-14-29(17-19-8-2-6-12-25(19)32)27(28)22-15-23(30(34)35)20-9-3-4-10-21(20)26(22)33/h1-12,15,27,31-33H,13-14,16-17H2. The highest BCUT2D eigenvalue weighted by atomic mass is 16.6. The molecule has 0 atom stereocenters. The number of nitrogens with zero attached hydrogens (tertiary/aromatic N) is 3. The Bertz CT molecular complexity index is 1350. The third-order valence-corrected chi connectivity index (χ3v) is 6.59. The highest BCUT2D eigenvalue weighted by Gasteiger charge is 2.37. The van der Waals surface area contributed by atoms with E-state index >= 15 is 0 Å². The van der Waals surface area contributed by atoms with Crippen molar-refractivity contribution < 1.29 is 20.2 Å². The molecule has 5 rings (SSSR count). The van der Waals surface area contributed by atoms with Gasteiger partial charge in [-0.15, -0.1) is 0 Å². The number of non-ortho nitro benzene ring substituents is 1. The van der Waals surface area contributed by atoms with Gasteiger partial charge in [-0.25, -0.2) is 0 Å². The van der Waals surface area contributed by atoms with E-state index in [2.05, 4.69) is 9.80 Å². The second-order valence-corrected chi connectivity index (χ2v) is 8.71. The van der Waals surface area contributed by atoms with Crippen LogP contribution in [-0.4, -0.2) is 43.1 Å². The summed E-state index contributed by atoms with van der Waals surface area (Å²) in [6.07, 6.45) is -0.516. The summed E-state index contributed by atoms with van der Waals surface area (Å²) in [6, 6.07) is 22.3. The van der Waals surface area contributed by atoms with Gasteiger partial charge in [-0.3, -0.25) is 19.9 Å². The number of phenols is 3. The molecule has 8 heteroatoms. The topological polar surface area (TPSA) is 110 Å². The molecule has 0 amide bonds. The van der Waals surface area contributed by atoms with Gasteiger partial charge in [0.15, 0.2) is 0 Å². The van der Waals surface area contributed by atoms with Crippen molar-refractivity contribution in [2.24, 2.45) is 0 Å². The Hall–Kier alpha value is -4.14. The maximum Gasteiger partial charge on any atom is 0.277 e. The molecule has 1 aliphatic rings. The molecule has 0 bridgehead atoms. The number of nitro groups is 1. The summed E-state index contributed by atoms with van der Waals surface area (Å²) in [4.78, 5) is 15.7. The lowest BCUT2D eigenvalue weighted by Gasteiger charge is -2.32. The van der Waals surface area contributed by atoms with Crippen molar-refractivity contribution in [1.82, 2.24) is 9.80 Å². The predicted octanol–water partition coefficient (Wildman–Crippen LogP) is 4.88. The van der Waals surface area contributed by atoms with Crippen molar-refractivity contribution in [3.8, 4) is 17.2 Å². The third kappa shape index (κ3) is 4.25. The first kappa shape index (κ1) is 22.6. The van der Waals surface area contributed by atoms with Gasteiger partial charge in [0.05, 0.1) is 16.5 Å². The van der Waals surface area contributed by atoms with Crippen LogP contribution in [0.5, 0.6) is 17.2 Å². The van der Waals surface area contributed by atoms with Crippen molar-refractivity contribution in [2.45, 2.75) is 19.3 Å². The summed E-state index contributed by atoms with van der Waals surface area (Å²) in [5, 5.41) is 44.8. The summed E-state index contributed by atoms with van der Waals surface area (Å²) in [7, 11) is 0. The molecular weight excluding hydrogens is 446 g/mol. The lowest BCUT2D eigenvalue weighted by Crippen LogP contribution is -2.30. The molecule has 1 fully saturated rings. The van der Waals surface area contributed by atoms with E-state index in [4.69, 9.17) is 0 Å². The van der Waals surface area contributed by atoms with E-state index in [1.54, 1.807) is 48.5 Å². The van der Waals surface area contributed by atoms with Crippen LogP contribution in [0.25, 0.3) is 10.8 Å². The van der Waals surface area contributed by atoms with Crippen LogP contribution in [0.3, 0.4) is 0 Å². The van der Waals surface area contributed by atoms with Crippen LogP contribution in [0.15, 0.2) is 78.9 Å². The molecule has 0 spiro atoms. The molecule has 35 heavy (non-hydrogen) atoms. The smallest absolute Gasteiger partial charge is 0.277 e. The van der Waals surface area contributed by atoms with E-state index in [1.165, 1.54) is 6.07 Å².